The first-order chi connectivity index (χ1) is 30.7. The van der Waals surface area contributed by atoms with Crippen molar-refractivity contribution in [2.24, 2.45) is 0 Å². The molecule has 0 saturated carbocycles. The van der Waals surface area contributed by atoms with Crippen molar-refractivity contribution in [3.63, 3.8) is 0 Å². The lowest BCUT2D eigenvalue weighted by Crippen LogP contribution is -2.28. The molecular formula is C59H41N3. The molecule has 0 amide bonds. The summed E-state index contributed by atoms with van der Waals surface area (Å²) in [6.07, 6.45) is 7.27. The van der Waals surface area contributed by atoms with Crippen LogP contribution in [0.2, 0.25) is 0 Å². The highest BCUT2D eigenvalue weighted by molar-refractivity contribution is 6.11. The molecule has 62 heavy (non-hydrogen) atoms. The maximum atomic E-state index is 5.42. The fourth-order valence-corrected chi connectivity index (χ4v) is 9.74. The maximum absolute atomic E-state index is 5.42. The van der Waals surface area contributed by atoms with Crippen LogP contribution in [0.15, 0.2) is 237 Å². The van der Waals surface area contributed by atoms with Crippen molar-refractivity contribution in [1.29, 1.82) is 0 Å². The second-order valence-corrected chi connectivity index (χ2v) is 16.3. The molecule has 2 atom stereocenters. The van der Waals surface area contributed by atoms with Crippen molar-refractivity contribution in [2.75, 3.05) is 4.90 Å². The first-order valence-electron chi connectivity index (χ1n) is 21.4. The highest BCUT2D eigenvalue weighted by Gasteiger charge is 2.38. The highest BCUT2D eigenvalue weighted by atomic mass is 15.2. The van der Waals surface area contributed by atoms with Crippen molar-refractivity contribution in [1.82, 2.24) is 9.55 Å². The van der Waals surface area contributed by atoms with E-state index in [0.717, 1.165) is 39.2 Å². The fraction of sp³-hybridized carbons (Fsp3) is 0.0339. The molecule has 0 fully saturated rings. The molecular weight excluding hydrogens is 751 g/mol. The van der Waals surface area contributed by atoms with Gasteiger partial charge in [-0.05, 0) is 111 Å². The van der Waals surface area contributed by atoms with Gasteiger partial charge in [-0.3, -0.25) is 4.57 Å². The summed E-state index contributed by atoms with van der Waals surface area (Å²) >= 11 is 0. The van der Waals surface area contributed by atoms with Crippen LogP contribution in [0.1, 0.15) is 17.0 Å². The lowest BCUT2D eigenvalue weighted by atomic mass is 9.85. The van der Waals surface area contributed by atoms with E-state index in [-0.39, 0.29) is 12.0 Å². The van der Waals surface area contributed by atoms with Crippen molar-refractivity contribution >= 4 is 38.8 Å². The third-order valence-corrected chi connectivity index (χ3v) is 12.7. The standard InChI is InChI=1S/C59H41N3/c1-6-16-40(17-7-1)44-26-30-55-50(34-44)51-36-46(28-31-56(51)61(55)49-24-14-5-15-25-49)47-29-33-58-53(37-47)52-35-45(41-18-8-2-9-19-41)27-32-57(52)62(58)59-39-48(42-20-10-3-11-21-42)38-54(60-59)43-22-12-4-13-23-43/h1-39,51,56H. The molecule has 0 bridgehead atoms. The van der Waals surface area contributed by atoms with Gasteiger partial charge in [0.25, 0.3) is 0 Å². The summed E-state index contributed by atoms with van der Waals surface area (Å²) in [5, 5.41) is 2.40. The lowest BCUT2D eigenvalue weighted by molar-refractivity contribution is 0.747. The van der Waals surface area contributed by atoms with Gasteiger partial charge in [-0.1, -0.05) is 176 Å². The normalized spacial score (nSPS) is 15.4. The first kappa shape index (κ1) is 35.9. The number of rotatable bonds is 7. The van der Waals surface area contributed by atoms with Crippen LogP contribution in [0.3, 0.4) is 0 Å². The molecule has 2 aliphatic rings. The van der Waals surface area contributed by atoms with E-state index in [2.05, 4.69) is 246 Å². The van der Waals surface area contributed by atoms with Crippen LogP contribution in [0, 0.1) is 0 Å². The zero-order chi connectivity index (χ0) is 41.0. The predicted octanol–water partition coefficient (Wildman–Crippen LogP) is 15.1. The van der Waals surface area contributed by atoms with Gasteiger partial charge in [-0.25, -0.2) is 4.98 Å². The number of anilines is 2. The third-order valence-electron chi connectivity index (χ3n) is 12.7. The summed E-state index contributed by atoms with van der Waals surface area (Å²) in [6, 6.07) is 79.0. The van der Waals surface area contributed by atoms with Crippen molar-refractivity contribution < 1.29 is 0 Å². The molecule has 0 saturated heterocycles. The van der Waals surface area contributed by atoms with Crippen LogP contribution in [-0.2, 0) is 0 Å². The molecule has 2 aromatic heterocycles. The Kier molecular flexibility index (Phi) is 8.64. The molecule has 12 rings (SSSR count). The smallest absolute Gasteiger partial charge is 0.138 e. The molecule has 0 radical (unpaired) electrons. The first-order valence-corrected chi connectivity index (χ1v) is 21.4. The SMILES string of the molecule is C1=CC2C(C=C1c1ccc3c(c1)c1cc(-c4ccccc4)ccc1n3-c1cc(-c3ccccc3)cc(-c3ccccc3)n1)c1cc(-c3ccccc3)ccc1N2c1ccccc1. The van der Waals surface area contributed by atoms with Crippen LogP contribution >= 0.6 is 0 Å². The number of nitrogens with zero attached hydrogens (tertiary/aromatic N) is 3. The molecule has 0 N–H and O–H groups in total. The van der Waals surface area contributed by atoms with Crippen LogP contribution in [0.4, 0.5) is 11.4 Å². The van der Waals surface area contributed by atoms with E-state index in [1.807, 2.05) is 0 Å². The Morgan fingerprint density at radius 3 is 1.55 bits per heavy atom. The van der Waals surface area contributed by atoms with Gasteiger partial charge in [0.15, 0.2) is 0 Å². The molecule has 1 aliphatic heterocycles. The van der Waals surface area contributed by atoms with E-state index in [0.29, 0.717) is 0 Å². The monoisotopic (exact) mass is 791 g/mol. The van der Waals surface area contributed by atoms with E-state index in [1.54, 1.807) is 0 Å². The van der Waals surface area contributed by atoms with Gasteiger partial charge in [0, 0.05) is 33.6 Å². The fourth-order valence-electron chi connectivity index (χ4n) is 9.74. The second kappa shape index (κ2) is 14.9. The average Bonchev–Trinajstić information content (AvgIpc) is 3.86. The van der Waals surface area contributed by atoms with Crippen LogP contribution < -0.4 is 4.90 Å². The van der Waals surface area contributed by atoms with Crippen molar-refractivity contribution in [2.45, 2.75) is 12.0 Å². The summed E-state index contributed by atoms with van der Waals surface area (Å²) < 4.78 is 2.36. The Hall–Kier alpha value is -8.01. The molecule has 0 spiro atoms. The molecule has 292 valence electrons. The number of pyridine rings is 1. The van der Waals surface area contributed by atoms with Gasteiger partial charge in [-0.2, -0.15) is 0 Å². The highest BCUT2D eigenvalue weighted by Crippen LogP contribution is 2.50. The lowest BCUT2D eigenvalue weighted by Gasteiger charge is -2.29. The summed E-state index contributed by atoms with van der Waals surface area (Å²) in [7, 11) is 0. The summed E-state index contributed by atoms with van der Waals surface area (Å²) in [4.78, 5) is 7.93. The largest absolute Gasteiger partial charge is 0.333 e. The minimum atomic E-state index is 0.169. The number of para-hydroxylation sites is 1. The van der Waals surface area contributed by atoms with Gasteiger partial charge < -0.3 is 4.90 Å². The van der Waals surface area contributed by atoms with Gasteiger partial charge in [-0.15, -0.1) is 0 Å². The Morgan fingerprint density at radius 2 is 0.919 bits per heavy atom. The Bertz CT molecular complexity index is 3270. The number of benzene rings is 8. The van der Waals surface area contributed by atoms with E-state index < -0.39 is 0 Å². The van der Waals surface area contributed by atoms with E-state index in [1.165, 1.54) is 61.1 Å². The minimum Gasteiger partial charge on any atom is -0.333 e. The molecule has 3 heterocycles. The Labute approximate surface area is 361 Å². The topological polar surface area (TPSA) is 21.1 Å². The summed E-state index contributed by atoms with van der Waals surface area (Å²) in [5.41, 5.74) is 17.7. The molecule has 3 nitrogen and oxygen atoms in total. The van der Waals surface area contributed by atoms with Crippen molar-refractivity contribution in [3.05, 3.63) is 248 Å². The zero-order valence-corrected chi connectivity index (χ0v) is 34.0. The number of fused-ring (bicyclic) bond motifs is 6. The number of hydrogen-bond acceptors (Lipinski definition) is 2. The van der Waals surface area contributed by atoms with Crippen molar-refractivity contribution in [3.8, 4) is 50.5 Å². The third kappa shape index (κ3) is 6.17. The zero-order valence-electron chi connectivity index (χ0n) is 34.0. The van der Waals surface area contributed by atoms with Gasteiger partial charge in [0.2, 0.25) is 0 Å². The minimum absolute atomic E-state index is 0.169. The van der Waals surface area contributed by atoms with Crippen LogP contribution in [0.5, 0.6) is 0 Å². The molecule has 2 unspecified atom stereocenters. The average molecular weight is 792 g/mol. The molecule has 8 aromatic carbocycles. The Morgan fingerprint density at radius 1 is 0.403 bits per heavy atom. The molecule has 10 aromatic rings. The van der Waals surface area contributed by atoms with E-state index in [9.17, 15) is 0 Å². The van der Waals surface area contributed by atoms with Crippen LogP contribution in [-0.4, -0.2) is 15.6 Å². The molecule has 1 aliphatic carbocycles. The van der Waals surface area contributed by atoms with Crippen LogP contribution in [0.25, 0.3) is 77.8 Å². The van der Waals surface area contributed by atoms with E-state index in [4.69, 9.17) is 4.98 Å². The van der Waals surface area contributed by atoms with Gasteiger partial charge >= 0.3 is 0 Å². The summed E-state index contributed by atoms with van der Waals surface area (Å²) in [5.74, 6) is 1.07. The van der Waals surface area contributed by atoms with Gasteiger partial charge in [0.1, 0.15) is 5.82 Å². The van der Waals surface area contributed by atoms with Gasteiger partial charge in [0.05, 0.1) is 22.8 Å². The number of aromatic nitrogens is 2. The molecule has 3 heteroatoms. The summed E-state index contributed by atoms with van der Waals surface area (Å²) in [6.45, 7) is 0. The van der Waals surface area contributed by atoms with E-state index >= 15 is 0 Å². The number of hydrogen-bond donors (Lipinski definition) is 0. The predicted molar refractivity (Wildman–Crippen MR) is 259 cm³/mol. The number of allylic oxidation sites excluding steroid dienone is 2. The Balaban J connectivity index is 1.04. The maximum Gasteiger partial charge on any atom is 0.138 e. The quantitative estimate of drug-likeness (QED) is 0.160. The second-order valence-electron chi connectivity index (χ2n) is 16.3.